The quantitative estimate of drug-likeness (QED) is 0.582. The highest BCUT2D eigenvalue weighted by atomic mass is 16.1. The molecule has 1 nitrogen and oxygen atoms in total. The van der Waals surface area contributed by atoms with Gasteiger partial charge >= 0.3 is 0 Å². The van der Waals surface area contributed by atoms with Gasteiger partial charge in [-0.05, 0) is 43.2 Å². The van der Waals surface area contributed by atoms with Crippen molar-refractivity contribution in [3.8, 4) is 11.8 Å². The summed E-state index contributed by atoms with van der Waals surface area (Å²) in [6.45, 7) is 3.70. The Kier molecular flexibility index (Phi) is 4.15. The zero-order valence-corrected chi connectivity index (χ0v) is 11.2. The second-order valence-corrected chi connectivity index (χ2v) is 4.43. The van der Waals surface area contributed by atoms with Crippen LogP contribution in [0.1, 0.15) is 40.9 Å². The highest BCUT2D eigenvalue weighted by molar-refractivity contribution is 5.94. The molecule has 0 saturated heterocycles. The Hall–Kier alpha value is -2.33. The van der Waals surface area contributed by atoms with Crippen LogP contribution in [0.15, 0.2) is 48.5 Å². The van der Waals surface area contributed by atoms with E-state index in [1.54, 1.807) is 6.92 Å². The first-order valence-electron chi connectivity index (χ1n) is 6.41. The number of hydrogen-bond acceptors (Lipinski definition) is 1. The summed E-state index contributed by atoms with van der Waals surface area (Å²) in [5.41, 5.74) is 3.96. The molecule has 0 aliphatic rings. The number of rotatable bonds is 2. The molecule has 0 spiro atoms. The summed E-state index contributed by atoms with van der Waals surface area (Å²) in [5, 5.41) is 0. The monoisotopic (exact) mass is 248 g/mol. The third-order valence-electron chi connectivity index (χ3n) is 3.00. The van der Waals surface area contributed by atoms with E-state index in [1.165, 1.54) is 5.56 Å². The van der Waals surface area contributed by atoms with Crippen molar-refractivity contribution in [3.63, 3.8) is 0 Å². The van der Waals surface area contributed by atoms with Crippen LogP contribution in [0, 0.1) is 11.8 Å². The molecule has 0 fully saturated rings. The zero-order valence-electron chi connectivity index (χ0n) is 11.2. The van der Waals surface area contributed by atoms with Crippen molar-refractivity contribution < 1.29 is 4.79 Å². The molecule has 0 aromatic heterocycles. The predicted octanol–water partition coefficient (Wildman–Crippen LogP) is 3.85. The molecule has 0 heterocycles. The van der Waals surface area contributed by atoms with Crippen molar-refractivity contribution in [3.05, 3.63) is 70.8 Å². The van der Waals surface area contributed by atoms with Gasteiger partial charge in [-0.2, -0.15) is 0 Å². The van der Waals surface area contributed by atoms with Gasteiger partial charge in [-0.1, -0.05) is 43.0 Å². The maximum atomic E-state index is 11.2. The topological polar surface area (TPSA) is 17.1 Å². The van der Waals surface area contributed by atoms with Crippen molar-refractivity contribution in [2.45, 2.75) is 20.3 Å². The Labute approximate surface area is 114 Å². The van der Waals surface area contributed by atoms with E-state index < -0.39 is 0 Å². The summed E-state index contributed by atoms with van der Waals surface area (Å²) in [4.78, 5) is 11.2. The van der Waals surface area contributed by atoms with Gasteiger partial charge in [0.25, 0.3) is 0 Å². The number of Topliss-reactive ketones (excluding diaryl/α,β-unsaturated/α-hetero) is 1. The fraction of sp³-hybridized carbons (Fsp3) is 0.167. The van der Waals surface area contributed by atoms with Gasteiger partial charge in [-0.25, -0.2) is 0 Å². The molecule has 2 rings (SSSR count). The summed E-state index contributed by atoms with van der Waals surface area (Å²) in [6, 6.07) is 15.7. The second kappa shape index (κ2) is 6.02. The van der Waals surface area contributed by atoms with E-state index in [4.69, 9.17) is 0 Å². The Bertz CT molecular complexity index is 622. The molecule has 0 aliphatic heterocycles. The fourth-order valence-electron chi connectivity index (χ4n) is 1.76. The summed E-state index contributed by atoms with van der Waals surface area (Å²) in [5.74, 6) is 6.31. The lowest BCUT2D eigenvalue weighted by Gasteiger charge is -1.96. The van der Waals surface area contributed by atoms with Gasteiger partial charge in [0.1, 0.15) is 0 Å². The molecule has 2 aromatic carbocycles. The van der Waals surface area contributed by atoms with Crippen molar-refractivity contribution in [1.29, 1.82) is 0 Å². The van der Waals surface area contributed by atoms with E-state index in [0.29, 0.717) is 0 Å². The molecule has 2 aromatic rings. The van der Waals surface area contributed by atoms with E-state index in [2.05, 4.69) is 30.9 Å². The van der Waals surface area contributed by atoms with Gasteiger partial charge < -0.3 is 0 Å². The number of carbonyl (C=O) groups excluding carboxylic acids is 1. The van der Waals surface area contributed by atoms with E-state index >= 15 is 0 Å². The molecule has 0 N–H and O–H groups in total. The van der Waals surface area contributed by atoms with E-state index in [1.807, 2.05) is 36.4 Å². The Morgan fingerprint density at radius 2 is 1.37 bits per heavy atom. The minimum absolute atomic E-state index is 0.0784. The van der Waals surface area contributed by atoms with Crippen molar-refractivity contribution >= 4 is 5.78 Å². The number of carbonyl (C=O) groups is 1. The first-order valence-corrected chi connectivity index (χ1v) is 6.41. The number of benzene rings is 2. The zero-order chi connectivity index (χ0) is 13.7. The summed E-state index contributed by atoms with van der Waals surface area (Å²) >= 11 is 0. The third-order valence-corrected chi connectivity index (χ3v) is 3.00. The Morgan fingerprint density at radius 1 is 0.895 bits per heavy atom. The molecule has 0 aliphatic carbocycles. The number of ketones is 1. The molecule has 19 heavy (non-hydrogen) atoms. The molecular weight excluding hydrogens is 232 g/mol. The summed E-state index contributed by atoms with van der Waals surface area (Å²) in [7, 11) is 0. The molecule has 0 bridgehead atoms. The smallest absolute Gasteiger partial charge is 0.159 e. The van der Waals surface area contributed by atoms with Crippen LogP contribution in [0.2, 0.25) is 0 Å². The van der Waals surface area contributed by atoms with Gasteiger partial charge in [0.05, 0.1) is 0 Å². The lowest BCUT2D eigenvalue weighted by Crippen LogP contribution is -1.90. The van der Waals surface area contributed by atoms with Crippen LogP contribution in [-0.4, -0.2) is 5.78 Å². The predicted molar refractivity (Wildman–Crippen MR) is 78.2 cm³/mol. The molecule has 0 saturated carbocycles. The van der Waals surface area contributed by atoms with Gasteiger partial charge in [0.15, 0.2) is 5.78 Å². The third kappa shape index (κ3) is 3.56. The minimum Gasteiger partial charge on any atom is -0.295 e. The Balaban J connectivity index is 2.16. The van der Waals surface area contributed by atoms with Crippen LogP contribution in [0.5, 0.6) is 0 Å². The maximum Gasteiger partial charge on any atom is 0.159 e. The van der Waals surface area contributed by atoms with E-state index in [9.17, 15) is 4.79 Å². The normalized spacial score (nSPS) is 9.58. The first-order chi connectivity index (χ1) is 9.19. The lowest BCUT2D eigenvalue weighted by molar-refractivity contribution is 0.101. The molecule has 94 valence electrons. The molecular formula is C18H16O. The van der Waals surface area contributed by atoms with Crippen molar-refractivity contribution in [2.75, 3.05) is 0 Å². The first kappa shape index (κ1) is 13.1. The van der Waals surface area contributed by atoms with Crippen LogP contribution in [0.4, 0.5) is 0 Å². The Morgan fingerprint density at radius 3 is 1.79 bits per heavy atom. The van der Waals surface area contributed by atoms with Crippen LogP contribution in [-0.2, 0) is 6.42 Å². The average molecular weight is 248 g/mol. The standard InChI is InChI=1S/C18H16O/c1-3-15-4-6-16(7-5-15)8-9-17-10-12-18(13-11-17)14(2)19/h4-7,10-13H,3H2,1-2H3. The van der Waals surface area contributed by atoms with Crippen LogP contribution in [0.25, 0.3) is 0 Å². The second-order valence-electron chi connectivity index (χ2n) is 4.43. The van der Waals surface area contributed by atoms with Gasteiger partial charge in [-0.3, -0.25) is 4.79 Å². The minimum atomic E-state index is 0.0784. The summed E-state index contributed by atoms with van der Waals surface area (Å²) in [6.07, 6.45) is 1.04. The average Bonchev–Trinajstić information content (AvgIpc) is 2.46. The largest absolute Gasteiger partial charge is 0.295 e. The van der Waals surface area contributed by atoms with Crippen molar-refractivity contribution in [2.24, 2.45) is 0 Å². The van der Waals surface area contributed by atoms with Gasteiger partial charge in [0.2, 0.25) is 0 Å². The number of aryl methyl sites for hydroxylation is 1. The van der Waals surface area contributed by atoms with E-state index in [-0.39, 0.29) is 5.78 Å². The fourth-order valence-corrected chi connectivity index (χ4v) is 1.76. The molecule has 0 atom stereocenters. The van der Waals surface area contributed by atoms with Crippen LogP contribution < -0.4 is 0 Å². The summed E-state index contributed by atoms with van der Waals surface area (Å²) < 4.78 is 0. The SMILES string of the molecule is CCc1ccc(C#Cc2ccc(C(C)=O)cc2)cc1. The highest BCUT2D eigenvalue weighted by Crippen LogP contribution is 2.06. The molecule has 0 unspecified atom stereocenters. The maximum absolute atomic E-state index is 11.2. The van der Waals surface area contributed by atoms with Crippen molar-refractivity contribution in [1.82, 2.24) is 0 Å². The highest BCUT2D eigenvalue weighted by Gasteiger charge is 1.97. The lowest BCUT2D eigenvalue weighted by atomic mass is 10.1. The molecule has 0 radical (unpaired) electrons. The van der Waals surface area contributed by atoms with E-state index in [0.717, 1.165) is 23.1 Å². The van der Waals surface area contributed by atoms with Crippen LogP contribution >= 0.6 is 0 Å². The van der Waals surface area contributed by atoms with Crippen LogP contribution in [0.3, 0.4) is 0 Å². The number of hydrogen-bond donors (Lipinski definition) is 0. The van der Waals surface area contributed by atoms with Gasteiger partial charge in [-0.15, -0.1) is 0 Å². The van der Waals surface area contributed by atoms with Gasteiger partial charge in [0, 0.05) is 16.7 Å². The molecule has 0 amide bonds. The molecule has 1 heteroatoms.